The van der Waals surface area contributed by atoms with Crippen LogP contribution in [-0.4, -0.2) is 29.1 Å². The van der Waals surface area contributed by atoms with E-state index in [0.717, 1.165) is 0 Å². The molecule has 1 amide bonds. The van der Waals surface area contributed by atoms with E-state index in [1.165, 1.54) is 43.8 Å². The minimum Gasteiger partial charge on any atom is -0.496 e. The summed E-state index contributed by atoms with van der Waals surface area (Å²) in [6, 6.07) is 10.5. The molecular formula is C18H13ClN4O5. The predicted octanol–water partition coefficient (Wildman–Crippen LogP) is 3.68. The second-order valence-corrected chi connectivity index (χ2v) is 5.74. The number of hydrazone groups is 1. The normalized spacial score (nSPS) is 10.8. The summed E-state index contributed by atoms with van der Waals surface area (Å²) in [5.41, 5.74) is 2.82. The number of non-ortho nitro benzene ring substituents is 1. The van der Waals surface area contributed by atoms with Gasteiger partial charge in [-0.2, -0.15) is 5.10 Å². The molecule has 0 bridgehead atoms. The number of methoxy groups -OCH3 is 1. The maximum atomic E-state index is 12.0. The van der Waals surface area contributed by atoms with Crippen molar-refractivity contribution < 1.29 is 18.9 Å². The third-order valence-electron chi connectivity index (χ3n) is 3.65. The Morgan fingerprint density at radius 3 is 2.89 bits per heavy atom. The highest BCUT2D eigenvalue weighted by Crippen LogP contribution is 2.34. The lowest BCUT2D eigenvalue weighted by Gasteiger charge is -2.05. The molecule has 0 unspecified atom stereocenters. The van der Waals surface area contributed by atoms with Crippen LogP contribution in [0.5, 0.6) is 5.75 Å². The van der Waals surface area contributed by atoms with Crippen molar-refractivity contribution in [2.75, 3.05) is 7.11 Å². The number of nitro groups is 1. The molecule has 0 atom stereocenters. The maximum absolute atomic E-state index is 12.0. The highest BCUT2D eigenvalue weighted by molar-refractivity contribution is 6.32. The monoisotopic (exact) mass is 400 g/mol. The van der Waals surface area contributed by atoms with Gasteiger partial charge in [-0.05, 0) is 30.3 Å². The van der Waals surface area contributed by atoms with Crippen molar-refractivity contribution in [1.29, 1.82) is 0 Å². The number of benzene rings is 1. The van der Waals surface area contributed by atoms with Crippen molar-refractivity contribution in [1.82, 2.24) is 10.4 Å². The molecule has 142 valence electrons. The summed E-state index contributed by atoms with van der Waals surface area (Å²) in [4.78, 5) is 26.3. The van der Waals surface area contributed by atoms with Crippen molar-refractivity contribution in [2.45, 2.75) is 0 Å². The maximum Gasteiger partial charge on any atom is 0.274 e. The lowest BCUT2D eigenvalue weighted by molar-refractivity contribution is -0.384. The topological polar surface area (TPSA) is 120 Å². The number of carbonyl (C=O) groups excluding carboxylic acids is 1. The van der Waals surface area contributed by atoms with E-state index in [9.17, 15) is 14.9 Å². The second-order valence-electron chi connectivity index (χ2n) is 5.38. The van der Waals surface area contributed by atoms with Crippen LogP contribution < -0.4 is 10.2 Å². The van der Waals surface area contributed by atoms with E-state index in [1.54, 1.807) is 18.2 Å². The van der Waals surface area contributed by atoms with E-state index in [1.807, 2.05) is 0 Å². The third kappa shape index (κ3) is 4.15. The molecule has 0 saturated heterocycles. The first-order chi connectivity index (χ1) is 13.5. The van der Waals surface area contributed by atoms with Crippen molar-refractivity contribution >= 4 is 29.4 Å². The fourth-order valence-corrected chi connectivity index (χ4v) is 2.54. The van der Waals surface area contributed by atoms with Gasteiger partial charge in [0.1, 0.15) is 22.4 Å². The number of hydrogen-bond acceptors (Lipinski definition) is 7. The van der Waals surface area contributed by atoms with E-state index >= 15 is 0 Å². The average molecular weight is 401 g/mol. The van der Waals surface area contributed by atoms with Gasteiger partial charge in [0.2, 0.25) is 0 Å². The molecule has 1 N–H and O–H groups in total. The van der Waals surface area contributed by atoms with Crippen LogP contribution in [0.1, 0.15) is 16.1 Å². The van der Waals surface area contributed by atoms with Gasteiger partial charge in [0.05, 0.1) is 29.4 Å². The number of amides is 1. The number of aromatic nitrogens is 1. The van der Waals surface area contributed by atoms with Crippen LogP contribution in [0, 0.1) is 10.1 Å². The summed E-state index contributed by atoms with van der Waals surface area (Å²) in [6.45, 7) is 0. The molecule has 1 aromatic carbocycles. The molecule has 0 radical (unpaired) electrons. The van der Waals surface area contributed by atoms with E-state index in [4.69, 9.17) is 20.8 Å². The van der Waals surface area contributed by atoms with E-state index in [2.05, 4.69) is 15.5 Å². The zero-order valence-electron chi connectivity index (χ0n) is 14.5. The zero-order valence-corrected chi connectivity index (χ0v) is 15.2. The van der Waals surface area contributed by atoms with Crippen molar-refractivity contribution in [2.24, 2.45) is 5.10 Å². The summed E-state index contributed by atoms with van der Waals surface area (Å²) < 4.78 is 10.8. The lowest BCUT2D eigenvalue weighted by atomic mass is 10.1. The zero-order chi connectivity index (χ0) is 20.1. The largest absolute Gasteiger partial charge is 0.496 e. The number of rotatable bonds is 6. The van der Waals surface area contributed by atoms with Gasteiger partial charge in [-0.25, -0.2) is 10.4 Å². The van der Waals surface area contributed by atoms with Crippen LogP contribution >= 0.6 is 11.6 Å². The number of nitrogens with zero attached hydrogens (tertiary/aromatic N) is 3. The van der Waals surface area contributed by atoms with E-state index in [-0.39, 0.29) is 16.4 Å². The number of furan rings is 1. The van der Waals surface area contributed by atoms with Crippen LogP contribution in [0.15, 0.2) is 58.2 Å². The molecule has 10 heteroatoms. The van der Waals surface area contributed by atoms with Gasteiger partial charge in [0.15, 0.2) is 0 Å². The van der Waals surface area contributed by atoms with Crippen molar-refractivity contribution in [3.05, 3.63) is 75.3 Å². The smallest absolute Gasteiger partial charge is 0.274 e. The van der Waals surface area contributed by atoms with Gasteiger partial charge < -0.3 is 9.15 Å². The molecule has 0 spiro atoms. The Morgan fingerprint density at radius 1 is 1.36 bits per heavy atom. The predicted molar refractivity (Wildman–Crippen MR) is 102 cm³/mol. The molecule has 9 nitrogen and oxygen atoms in total. The fourth-order valence-electron chi connectivity index (χ4n) is 2.34. The Morgan fingerprint density at radius 2 is 2.18 bits per heavy atom. The minimum atomic E-state index is -0.526. The number of ether oxygens (including phenoxy) is 1. The molecular weight excluding hydrogens is 388 g/mol. The Hall–Kier alpha value is -3.72. The standard InChI is InChI=1S/C18H13ClN4O5/c1-27-15-6-4-11(23(25)26)9-14(15)16-7-5-12(28-16)10-21-22-18(24)13-3-2-8-20-17(13)19/h2-10H,1H3,(H,22,24). The summed E-state index contributed by atoms with van der Waals surface area (Å²) in [5, 5.41) is 14.9. The van der Waals surface area contributed by atoms with E-state index < -0.39 is 10.8 Å². The van der Waals surface area contributed by atoms with Gasteiger partial charge in [-0.15, -0.1) is 0 Å². The average Bonchev–Trinajstić information content (AvgIpc) is 3.16. The summed E-state index contributed by atoms with van der Waals surface area (Å²) in [7, 11) is 1.45. The number of nitro benzene ring substituents is 1. The Labute approximate surface area is 163 Å². The van der Waals surface area contributed by atoms with Gasteiger partial charge >= 0.3 is 0 Å². The van der Waals surface area contributed by atoms with Crippen LogP contribution in [0.3, 0.4) is 0 Å². The molecule has 0 aliphatic heterocycles. The molecule has 0 fully saturated rings. The number of nitrogens with one attached hydrogen (secondary N) is 1. The summed E-state index contributed by atoms with van der Waals surface area (Å²) >= 11 is 5.85. The Bertz CT molecular complexity index is 1060. The summed E-state index contributed by atoms with van der Waals surface area (Å²) in [5.74, 6) is 0.564. The first kappa shape index (κ1) is 19.1. The molecule has 0 aliphatic rings. The molecule has 0 saturated carbocycles. The molecule has 28 heavy (non-hydrogen) atoms. The number of halogens is 1. The minimum absolute atomic E-state index is 0.0632. The molecule has 0 aliphatic carbocycles. The summed E-state index contributed by atoms with van der Waals surface area (Å²) in [6.07, 6.45) is 2.75. The number of hydrogen-bond donors (Lipinski definition) is 1. The first-order valence-corrected chi connectivity index (χ1v) is 8.24. The van der Waals surface area contributed by atoms with Crippen LogP contribution in [0.2, 0.25) is 5.15 Å². The molecule has 2 aromatic heterocycles. The number of pyridine rings is 1. The van der Waals surface area contributed by atoms with Crippen LogP contribution in [0.4, 0.5) is 5.69 Å². The first-order valence-electron chi connectivity index (χ1n) is 7.86. The molecule has 3 rings (SSSR count). The van der Waals surface area contributed by atoms with Gasteiger partial charge in [-0.1, -0.05) is 11.6 Å². The van der Waals surface area contributed by atoms with Gasteiger partial charge in [-0.3, -0.25) is 14.9 Å². The lowest BCUT2D eigenvalue weighted by Crippen LogP contribution is -2.18. The van der Waals surface area contributed by atoms with Crippen LogP contribution in [-0.2, 0) is 0 Å². The van der Waals surface area contributed by atoms with Gasteiger partial charge in [0, 0.05) is 18.3 Å². The molecule has 2 heterocycles. The number of carbonyl (C=O) groups is 1. The second kappa shape index (κ2) is 8.31. The Kier molecular flexibility index (Phi) is 5.66. The highest BCUT2D eigenvalue weighted by Gasteiger charge is 2.16. The third-order valence-corrected chi connectivity index (χ3v) is 3.95. The SMILES string of the molecule is COc1ccc([N+](=O)[O-])cc1-c1ccc(C=NNC(=O)c2cccnc2Cl)o1. The highest BCUT2D eigenvalue weighted by atomic mass is 35.5. The van der Waals surface area contributed by atoms with Gasteiger partial charge in [0.25, 0.3) is 11.6 Å². The quantitative estimate of drug-likeness (QED) is 0.291. The van der Waals surface area contributed by atoms with Crippen molar-refractivity contribution in [3.63, 3.8) is 0 Å². The van der Waals surface area contributed by atoms with Crippen LogP contribution in [0.25, 0.3) is 11.3 Å². The van der Waals surface area contributed by atoms with Crippen molar-refractivity contribution in [3.8, 4) is 17.1 Å². The fraction of sp³-hybridized carbons (Fsp3) is 0.0556. The van der Waals surface area contributed by atoms with E-state index in [0.29, 0.717) is 22.8 Å². The molecule has 3 aromatic rings. The Balaban J connectivity index is 1.77.